The number of aromatic nitrogens is 1. The number of nitrogens with zero attached hydrogens (tertiary/aromatic N) is 1. The Bertz CT molecular complexity index is 174. The molecule has 1 aromatic heterocycles. The van der Waals surface area contributed by atoms with Crippen LogP contribution in [-0.2, 0) is 7.05 Å². The molecule has 0 aliphatic carbocycles. The van der Waals surface area contributed by atoms with Gasteiger partial charge in [0, 0.05) is 0 Å². The first kappa shape index (κ1) is 10.0. The predicted octanol–water partition coefficient (Wildman–Crippen LogP) is -1.18. The summed E-state index contributed by atoms with van der Waals surface area (Å²) < 4.78 is 1.81. The zero-order valence-electron chi connectivity index (χ0n) is 5.31. The van der Waals surface area contributed by atoms with Crippen molar-refractivity contribution in [3.8, 4) is 0 Å². The fraction of sp³-hybridized carbons (Fsp3) is 0.167. The first-order valence-corrected chi connectivity index (χ1v) is 3.25. The summed E-state index contributed by atoms with van der Waals surface area (Å²) in [4.78, 5) is 0. The standard InChI is InChI=1S/C6H6Cl2N.ClH/c1-9-3-5(7)2-6(8)4-9;/h2-4H,1H3;1H/q+1;/p-1. The minimum absolute atomic E-state index is 0. The van der Waals surface area contributed by atoms with E-state index in [1.165, 1.54) is 0 Å². The zero-order valence-corrected chi connectivity index (χ0v) is 7.58. The van der Waals surface area contributed by atoms with Crippen molar-refractivity contribution in [3.63, 3.8) is 0 Å². The summed E-state index contributed by atoms with van der Waals surface area (Å²) in [5.74, 6) is 0. The Kier molecular flexibility index (Phi) is 4.02. The second-order valence-electron chi connectivity index (χ2n) is 1.84. The number of halogens is 3. The van der Waals surface area contributed by atoms with E-state index in [0.29, 0.717) is 10.0 Å². The lowest BCUT2D eigenvalue weighted by atomic mass is 10.5. The molecule has 0 spiro atoms. The van der Waals surface area contributed by atoms with Crippen LogP contribution < -0.4 is 17.0 Å². The van der Waals surface area contributed by atoms with E-state index in [-0.39, 0.29) is 12.4 Å². The molecule has 0 unspecified atom stereocenters. The molecule has 1 heterocycles. The molecule has 1 nitrogen and oxygen atoms in total. The van der Waals surface area contributed by atoms with Gasteiger partial charge in [0.2, 0.25) is 0 Å². The minimum Gasteiger partial charge on any atom is -1.00 e. The number of hydrogen-bond donors (Lipinski definition) is 0. The second-order valence-corrected chi connectivity index (χ2v) is 2.71. The third-order valence-electron chi connectivity index (χ3n) is 0.930. The molecule has 0 saturated heterocycles. The van der Waals surface area contributed by atoms with Gasteiger partial charge in [-0.2, -0.15) is 0 Å². The van der Waals surface area contributed by atoms with Gasteiger partial charge in [-0.05, 0) is 6.07 Å². The van der Waals surface area contributed by atoms with Crippen molar-refractivity contribution in [3.05, 3.63) is 28.5 Å². The van der Waals surface area contributed by atoms with Crippen LogP contribution in [-0.4, -0.2) is 0 Å². The van der Waals surface area contributed by atoms with Gasteiger partial charge in [0.15, 0.2) is 12.4 Å². The molecular weight excluding hydrogens is 192 g/mol. The van der Waals surface area contributed by atoms with Crippen molar-refractivity contribution in [2.45, 2.75) is 0 Å². The third kappa shape index (κ3) is 2.74. The Hall–Kier alpha value is 0.0200. The Balaban J connectivity index is 0.000000810. The van der Waals surface area contributed by atoms with Gasteiger partial charge in [-0.25, -0.2) is 4.57 Å². The van der Waals surface area contributed by atoms with E-state index in [1.807, 2.05) is 11.6 Å². The Labute approximate surface area is 76.0 Å². The van der Waals surface area contributed by atoms with Gasteiger partial charge < -0.3 is 12.4 Å². The normalized spacial score (nSPS) is 8.70. The second kappa shape index (κ2) is 4.02. The molecule has 10 heavy (non-hydrogen) atoms. The molecule has 4 heteroatoms. The summed E-state index contributed by atoms with van der Waals surface area (Å²) in [6, 6.07) is 1.70. The lowest BCUT2D eigenvalue weighted by molar-refractivity contribution is -0.671. The summed E-state index contributed by atoms with van der Waals surface area (Å²) in [5, 5.41) is 1.31. The highest BCUT2D eigenvalue weighted by molar-refractivity contribution is 6.34. The van der Waals surface area contributed by atoms with Gasteiger partial charge in [0.25, 0.3) is 0 Å². The largest absolute Gasteiger partial charge is 1.00 e. The Morgan fingerprint density at radius 2 is 1.60 bits per heavy atom. The maximum absolute atomic E-state index is 5.64. The van der Waals surface area contributed by atoms with Crippen LogP contribution in [0, 0.1) is 0 Å². The molecule has 0 N–H and O–H groups in total. The maximum Gasteiger partial charge on any atom is 0.187 e. The summed E-state index contributed by atoms with van der Waals surface area (Å²) >= 11 is 11.3. The molecule has 0 atom stereocenters. The average Bonchev–Trinajstić information content (AvgIpc) is 1.59. The molecule has 0 radical (unpaired) electrons. The van der Waals surface area contributed by atoms with Crippen molar-refractivity contribution in [2.75, 3.05) is 0 Å². The Morgan fingerprint density at radius 3 is 1.90 bits per heavy atom. The summed E-state index contributed by atoms with van der Waals surface area (Å²) in [6.45, 7) is 0. The van der Waals surface area contributed by atoms with E-state index in [1.54, 1.807) is 18.5 Å². The zero-order chi connectivity index (χ0) is 6.85. The summed E-state index contributed by atoms with van der Waals surface area (Å²) in [7, 11) is 1.87. The van der Waals surface area contributed by atoms with Crippen molar-refractivity contribution >= 4 is 23.2 Å². The molecular formula is C6H6Cl3N. The van der Waals surface area contributed by atoms with Crippen LogP contribution in [0.5, 0.6) is 0 Å². The monoisotopic (exact) mass is 197 g/mol. The molecule has 0 saturated carbocycles. The average molecular weight is 198 g/mol. The van der Waals surface area contributed by atoms with Gasteiger partial charge in [-0.3, -0.25) is 0 Å². The quantitative estimate of drug-likeness (QED) is 0.462. The van der Waals surface area contributed by atoms with E-state index in [4.69, 9.17) is 23.2 Å². The van der Waals surface area contributed by atoms with E-state index >= 15 is 0 Å². The number of rotatable bonds is 0. The summed E-state index contributed by atoms with van der Waals surface area (Å²) in [5.41, 5.74) is 0. The maximum atomic E-state index is 5.64. The molecule has 56 valence electrons. The molecule has 0 fully saturated rings. The van der Waals surface area contributed by atoms with Crippen LogP contribution in [0.4, 0.5) is 0 Å². The number of pyridine rings is 1. The van der Waals surface area contributed by atoms with Crippen molar-refractivity contribution < 1.29 is 17.0 Å². The van der Waals surface area contributed by atoms with Crippen LogP contribution in [0.3, 0.4) is 0 Å². The molecule has 0 aliphatic heterocycles. The first-order chi connectivity index (χ1) is 4.18. The van der Waals surface area contributed by atoms with E-state index in [0.717, 1.165) is 0 Å². The smallest absolute Gasteiger partial charge is 0.187 e. The van der Waals surface area contributed by atoms with Crippen molar-refractivity contribution in [1.29, 1.82) is 0 Å². The topological polar surface area (TPSA) is 3.88 Å². The van der Waals surface area contributed by atoms with E-state index < -0.39 is 0 Å². The van der Waals surface area contributed by atoms with Gasteiger partial charge in [0.1, 0.15) is 17.1 Å². The molecule has 1 rings (SSSR count). The highest BCUT2D eigenvalue weighted by Gasteiger charge is 1.97. The van der Waals surface area contributed by atoms with Crippen LogP contribution in [0.1, 0.15) is 0 Å². The van der Waals surface area contributed by atoms with Gasteiger partial charge in [-0.1, -0.05) is 23.2 Å². The van der Waals surface area contributed by atoms with Crippen molar-refractivity contribution in [1.82, 2.24) is 0 Å². The highest BCUT2D eigenvalue weighted by Crippen LogP contribution is 2.10. The predicted molar refractivity (Wildman–Crippen MR) is 37.6 cm³/mol. The van der Waals surface area contributed by atoms with Crippen LogP contribution in [0.2, 0.25) is 10.0 Å². The van der Waals surface area contributed by atoms with E-state index in [2.05, 4.69) is 0 Å². The van der Waals surface area contributed by atoms with Gasteiger partial charge >= 0.3 is 0 Å². The van der Waals surface area contributed by atoms with Crippen molar-refractivity contribution in [2.24, 2.45) is 7.05 Å². The molecule has 1 aromatic rings. The lowest BCUT2D eigenvalue weighted by Gasteiger charge is -1.88. The fourth-order valence-electron chi connectivity index (χ4n) is 0.633. The van der Waals surface area contributed by atoms with Crippen LogP contribution in [0.25, 0.3) is 0 Å². The number of hydrogen-bond acceptors (Lipinski definition) is 0. The number of aryl methyl sites for hydroxylation is 1. The highest BCUT2D eigenvalue weighted by atomic mass is 35.5. The first-order valence-electron chi connectivity index (χ1n) is 2.50. The fourth-order valence-corrected chi connectivity index (χ4v) is 1.23. The van der Waals surface area contributed by atoms with Gasteiger partial charge in [0.05, 0.1) is 0 Å². The Morgan fingerprint density at radius 1 is 1.20 bits per heavy atom. The van der Waals surface area contributed by atoms with Crippen LogP contribution >= 0.6 is 23.2 Å². The molecule has 0 aliphatic rings. The lowest BCUT2D eigenvalue weighted by Crippen LogP contribution is -3.00. The minimum atomic E-state index is 0. The van der Waals surface area contributed by atoms with Gasteiger partial charge in [-0.15, -0.1) is 0 Å². The SMILES string of the molecule is C[n+]1cc(Cl)cc(Cl)c1.[Cl-]. The molecule has 0 amide bonds. The molecule has 0 aromatic carbocycles. The molecule has 0 bridgehead atoms. The summed E-state index contributed by atoms with van der Waals surface area (Å²) in [6.07, 6.45) is 3.57. The van der Waals surface area contributed by atoms with E-state index in [9.17, 15) is 0 Å². The van der Waals surface area contributed by atoms with Crippen LogP contribution in [0.15, 0.2) is 18.5 Å². The third-order valence-corrected chi connectivity index (χ3v) is 1.34.